The molecule has 4 heteroatoms. The van der Waals surface area contributed by atoms with Crippen LogP contribution in [0.1, 0.15) is 23.7 Å². The van der Waals surface area contributed by atoms with Crippen molar-refractivity contribution in [3.63, 3.8) is 0 Å². The van der Waals surface area contributed by atoms with Gasteiger partial charge in [-0.2, -0.15) is 0 Å². The van der Waals surface area contributed by atoms with Crippen molar-refractivity contribution >= 4 is 28.5 Å². The quantitative estimate of drug-likeness (QED) is 0.889. The number of hydrogen-bond donors (Lipinski definition) is 2. The zero-order valence-electron chi connectivity index (χ0n) is 10.7. The van der Waals surface area contributed by atoms with E-state index in [2.05, 4.69) is 4.98 Å². The highest BCUT2D eigenvalue weighted by molar-refractivity contribution is 6.32. The third-order valence-corrected chi connectivity index (χ3v) is 3.87. The van der Waals surface area contributed by atoms with E-state index in [-0.39, 0.29) is 0 Å². The van der Waals surface area contributed by atoms with Gasteiger partial charge in [0.2, 0.25) is 0 Å². The van der Waals surface area contributed by atoms with Crippen molar-refractivity contribution in [2.75, 3.05) is 0 Å². The average molecular weight is 266 g/mol. The molecular weight excluding hydrogens is 250 g/mol. The van der Waals surface area contributed by atoms with Crippen LogP contribution in [-0.4, -0.2) is 16.1 Å². The minimum absolute atomic E-state index is 0.396. The Labute approximate surface area is 111 Å². The molecule has 0 aliphatic rings. The molecule has 1 aromatic heterocycles. The maximum Gasteiger partial charge on any atom is 0.306 e. The fourth-order valence-electron chi connectivity index (χ4n) is 2.16. The lowest BCUT2D eigenvalue weighted by Gasteiger charge is -2.04. The Morgan fingerprint density at radius 1 is 1.39 bits per heavy atom. The van der Waals surface area contributed by atoms with E-state index in [1.165, 1.54) is 0 Å². The first-order valence-electron chi connectivity index (χ1n) is 5.91. The molecule has 1 aromatic carbocycles. The topological polar surface area (TPSA) is 53.1 Å². The number of benzene rings is 1. The van der Waals surface area contributed by atoms with Gasteiger partial charge in [-0.25, -0.2) is 0 Å². The monoisotopic (exact) mass is 265 g/mol. The Hall–Kier alpha value is -1.48. The van der Waals surface area contributed by atoms with Gasteiger partial charge in [-0.3, -0.25) is 4.79 Å². The van der Waals surface area contributed by atoms with Gasteiger partial charge in [0.25, 0.3) is 0 Å². The molecule has 1 heterocycles. The fourth-order valence-corrected chi connectivity index (χ4v) is 2.32. The number of fused-ring (bicyclic) bond motifs is 1. The predicted octanol–water partition coefficient (Wildman–Crippen LogP) is 3.70. The van der Waals surface area contributed by atoms with Crippen LogP contribution < -0.4 is 0 Å². The van der Waals surface area contributed by atoms with Gasteiger partial charge < -0.3 is 10.1 Å². The van der Waals surface area contributed by atoms with Gasteiger partial charge >= 0.3 is 5.97 Å². The number of hydrogen-bond acceptors (Lipinski definition) is 1. The molecular formula is C14H16ClNO2. The minimum atomic E-state index is -0.775. The summed E-state index contributed by atoms with van der Waals surface area (Å²) in [5.41, 5.74) is 4.10. The number of carboxylic acid groups (broad SMARTS) is 1. The van der Waals surface area contributed by atoms with Gasteiger partial charge in [0.1, 0.15) is 0 Å². The highest BCUT2D eigenvalue weighted by atomic mass is 35.5. The van der Waals surface area contributed by atoms with Crippen LogP contribution in [-0.2, 0) is 11.2 Å². The van der Waals surface area contributed by atoms with Crippen molar-refractivity contribution in [1.82, 2.24) is 4.98 Å². The van der Waals surface area contributed by atoms with Crippen LogP contribution in [0.2, 0.25) is 5.02 Å². The first-order valence-corrected chi connectivity index (χ1v) is 6.28. The van der Waals surface area contributed by atoms with E-state index in [9.17, 15) is 4.79 Å². The summed E-state index contributed by atoms with van der Waals surface area (Å²) in [6.07, 6.45) is 0.507. The van der Waals surface area contributed by atoms with Crippen LogP contribution >= 0.6 is 11.6 Å². The summed E-state index contributed by atoms with van der Waals surface area (Å²) in [6, 6.07) is 3.86. The van der Waals surface area contributed by atoms with Crippen molar-refractivity contribution in [3.8, 4) is 0 Å². The average Bonchev–Trinajstić information content (AvgIpc) is 2.62. The summed E-state index contributed by atoms with van der Waals surface area (Å²) in [6.45, 7) is 5.69. The van der Waals surface area contributed by atoms with E-state index >= 15 is 0 Å². The molecule has 2 aromatic rings. The van der Waals surface area contributed by atoms with Gasteiger partial charge in [-0.15, -0.1) is 0 Å². The molecule has 3 nitrogen and oxygen atoms in total. The maximum atomic E-state index is 10.9. The van der Waals surface area contributed by atoms with Crippen LogP contribution in [0.4, 0.5) is 0 Å². The summed E-state index contributed by atoms with van der Waals surface area (Å²) in [7, 11) is 0. The molecule has 0 aliphatic heterocycles. The first kappa shape index (κ1) is 13.0. The Morgan fingerprint density at radius 3 is 2.67 bits per heavy atom. The largest absolute Gasteiger partial charge is 0.481 e. The minimum Gasteiger partial charge on any atom is -0.481 e. The molecule has 0 radical (unpaired) electrons. The molecule has 0 bridgehead atoms. The number of aromatic amines is 1. The maximum absolute atomic E-state index is 10.9. The van der Waals surface area contributed by atoms with Crippen molar-refractivity contribution in [2.24, 2.45) is 5.92 Å². The number of H-pyrrole nitrogens is 1. The Bertz CT molecular complexity index is 616. The number of aromatic nitrogens is 1. The van der Waals surface area contributed by atoms with Crippen LogP contribution in [0, 0.1) is 19.8 Å². The van der Waals surface area contributed by atoms with E-state index in [0.717, 1.165) is 32.7 Å². The molecule has 0 spiro atoms. The molecule has 2 N–H and O–H groups in total. The SMILES string of the molecule is Cc1c(CC(C)C(=O)O)[nH]c2c(C)c(Cl)ccc12. The smallest absolute Gasteiger partial charge is 0.306 e. The molecule has 2 rings (SSSR count). The van der Waals surface area contributed by atoms with Gasteiger partial charge in [-0.05, 0) is 31.0 Å². The summed E-state index contributed by atoms with van der Waals surface area (Å²) >= 11 is 6.09. The van der Waals surface area contributed by atoms with E-state index in [1.807, 2.05) is 26.0 Å². The second-order valence-corrected chi connectivity index (χ2v) is 5.17. The van der Waals surface area contributed by atoms with E-state index in [4.69, 9.17) is 16.7 Å². The van der Waals surface area contributed by atoms with E-state index < -0.39 is 11.9 Å². The molecule has 96 valence electrons. The van der Waals surface area contributed by atoms with E-state index in [0.29, 0.717) is 6.42 Å². The Kier molecular flexibility index (Phi) is 3.35. The second-order valence-electron chi connectivity index (χ2n) is 4.77. The van der Waals surface area contributed by atoms with Crippen molar-refractivity contribution < 1.29 is 9.90 Å². The van der Waals surface area contributed by atoms with Gasteiger partial charge in [0, 0.05) is 22.5 Å². The van der Waals surface area contributed by atoms with Crippen molar-refractivity contribution in [1.29, 1.82) is 0 Å². The molecule has 0 saturated carbocycles. The number of halogens is 1. The number of rotatable bonds is 3. The van der Waals surface area contributed by atoms with Crippen LogP contribution in [0.5, 0.6) is 0 Å². The van der Waals surface area contributed by atoms with E-state index in [1.54, 1.807) is 6.92 Å². The molecule has 1 unspecified atom stereocenters. The molecule has 1 atom stereocenters. The molecule has 0 amide bonds. The lowest BCUT2D eigenvalue weighted by Crippen LogP contribution is -2.12. The van der Waals surface area contributed by atoms with Crippen LogP contribution in [0.25, 0.3) is 10.9 Å². The summed E-state index contributed by atoms with van der Waals surface area (Å²) in [5.74, 6) is -1.17. The lowest BCUT2D eigenvalue weighted by atomic mass is 10.0. The van der Waals surface area contributed by atoms with Crippen molar-refractivity contribution in [2.45, 2.75) is 27.2 Å². The third-order valence-electron chi connectivity index (χ3n) is 3.46. The number of carboxylic acids is 1. The molecule has 0 aliphatic carbocycles. The van der Waals surface area contributed by atoms with Gasteiger partial charge in [-0.1, -0.05) is 24.6 Å². The van der Waals surface area contributed by atoms with Gasteiger partial charge in [0.05, 0.1) is 11.4 Å². The third kappa shape index (κ3) is 2.10. The Morgan fingerprint density at radius 2 is 2.06 bits per heavy atom. The highest BCUT2D eigenvalue weighted by Crippen LogP contribution is 2.29. The normalized spacial score (nSPS) is 12.9. The predicted molar refractivity (Wildman–Crippen MR) is 73.3 cm³/mol. The molecule has 0 fully saturated rings. The fraction of sp³-hybridized carbons (Fsp3) is 0.357. The number of aliphatic carboxylic acids is 1. The Balaban J connectivity index is 2.51. The van der Waals surface area contributed by atoms with Crippen LogP contribution in [0.15, 0.2) is 12.1 Å². The summed E-state index contributed by atoms with van der Waals surface area (Å²) in [4.78, 5) is 14.2. The lowest BCUT2D eigenvalue weighted by molar-refractivity contribution is -0.141. The standard InChI is InChI=1S/C14H16ClNO2/c1-7(14(17)18)6-12-8(2)10-4-5-11(15)9(3)13(10)16-12/h4-5,7,16H,6H2,1-3H3,(H,17,18). The zero-order valence-corrected chi connectivity index (χ0v) is 11.4. The zero-order chi connectivity index (χ0) is 13.4. The number of nitrogens with one attached hydrogen (secondary N) is 1. The summed E-state index contributed by atoms with van der Waals surface area (Å²) in [5, 5.41) is 10.8. The molecule has 0 saturated heterocycles. The van der Waals surface area contributed by atoms with Crippen LogP contribution in [0.3, 0.4) is 0 Å². The highest BCUT2D eigenvalue weighted by Gasteiger charge is 2.17. The molecule has 18 heavy (non-hydrogen) atoms. The van der Waals surface area contributed by atoms with Crippen molar-refractivity contribution in [3.05, 3.63) is 34.0 Å². The number of carbonyl (C=O) groups is 1. The summed E-state index contributed by atoms with van der Waals surface area (Å²) < 4.78 is 0. The second kappa shape index (κ2) is 4.65. The first-order chi connectivity index (χ1) is 8.41. The van der Waals surface area contributed by atoms with Gasteiger partial charge in [0.15, 0.2) is 0 Å². The number of aryl methyl sites for hydroxylation is 2.